The van der Waals surface area contributed by atoms with E-state index in [9.17, 15) is 14.0 Å². The Labute approximate surface area is 232 Å². The van der Waals surface area contributed by atoms with Crippen LogP contribution in [0.5, 0.6) is 5.75 Å². The van der Waals surface area contributed by atoms with Crippen LogP contribution in [0.3, 0.4) is 0 Å². The highest BCUT2D eigenvalue weighted by Gasteiger charge is 2.43. The minimum atomic E-state index is -0.436. The zero-order chi connectivity index (χ0) is 27.7. The van der Waals surface area contributed by atoms with Crippen LogP contribution in [-0.2, 0) is 11.3 Å². The Balaban J connectivity index is 1.36. The molecule has 0 spiro atoms. The van der Waals surface area contributed by atoms with E-state index < -0.39 is 11.8 Å². The van der Waals surface area contributed by atoms with Gasteiger partial charge in [0.2, 0.25) is 0 Å². The summed E-state index contributed by atoms with van der Waals surface area (Å²) in [5, 5.41) is 9.48. The molecular weight excluding hydrogens is 519 g/mol. The third-order valence-corrected chi connectivity index (χ3v) is 9.22. The number of halogens is 1. The first kappa shape index (κ1) is 27.4. The lowest BCUT2D eigenvalue weighted by Crippen LogP contribution is -2.24. The summed E-state index contributed by atoms with van der Waals surface area (Å²) >= 11 is 1.32. The molecule has 10 heteroatoms. The summed E-state index contributed by atoms with van der Waals surface area (Å²) in [4.78, 5) is 28.7. The highest BCUT2D eigenvalue weighted by Crippen LogP contribution is 2.52. The molecule has 2 bridgehead atoms. The Bertz CT molecular complexity index is 1370. The first-order chi connectivity index (χ1) is 18.8. The number of benzene rings is 1. The van der Waals surface area contributed by atoms with Crippen LogP contribution in [0.25, 0.3) is 0 Å². The van der Waals surface area contributed by atoms with E-state index in [0.29, 0.717) is 45.3 Å². The molecular formula is C29H35FN4O4S. The van der Waals surface area contributed by atoms with Gasteiger partial charge in [0.05, 0.1) is 23.6 Å². The standard InChI is InChI=1S/C29H35FN4O4S/c1-5-37-28(36)26-16(2)27(31-17(26)3)23(35)15-39-29-33-32-25(14-38-24-9-7-6-8-22(24)30)34(29)18(4)21-13-19-10-11-20(21)12-19/h6-9,18-21,31H,5,10-15H2,1-4H3/t18-,19+,20-,21-/m0/s1. The summed E-state index contributed by atoms with van der Waals surface area (Å²) in [5.74, 6) is 1.86. The lowest BCUT2D eigenvalue weighted by molar-refractivity contribution is 0.0525. The number of rotatable bonds is 11. The van der Waals surface area contributed by atoms with E-state index >= 15 is 0 Å². The Morgan fingerprint density at radius 1 is 1.21 bits per heavy atom. The zero-order valence-electron chi connectivity index (χ0n) is 22.8. The lowest BCUT2D eigenvalue weighted by atomic mass is 9.84. The van der Waals surface area contributed by atoms with Gasteiger partial charge >= 0.3 is 5.97 Å². The van der Waals surface area contributed by atoms with Gasteiger partial charge in [-0.25, -0.2) is 9.18 Å². The van der Waals surface area contributed by atoms with Crippen LogP contribution in [0, 0.1) is 37.4 Å². The van der Waals surface area contributed by atoms with Crippen molar-refractivity contribution < 1.29 is 23.5 Å². The second-order valence-electron chi connectivity index (χ2n) is 10.6. The Kier molecular flexibility index (Phi) is 8.11. The maximum Gasteiger partial charge on any atom is 0.340 e. The second-order valence-corrected chi connectivity index (χ2v) is 11.6. The number of esters is 1. The Morgan fingerprint density at radius 2 is 2.00 bits per heavy atom. The van der Waals surface area contributed by atoms with Crippen molar-refractivity contribution >= 4 is 23.5 Å². The predicted octanol–water partition coefficient (Wildman–Crippen LogP) is 6.09. The number of thioether (sulfide) groups is 1. The molecule has 4 atom stereocenters. The van der Waals surface area contributed by atoms with Crippen molar-refractivity contribution in [3.63, 3.8) is 0 Å². The monoisotopic (exact) mass is 554 g/mol. The maximum atomic E-state index is 14.2. The zero-order valence-corrected chi connectivity index (χ0v) is 23.6. The van der Waals surface area contributed by atoms with Crippen LogP contribution in [0.1, 0.15) is 83.5 Å². The van der Waals surface area contributed by atoms with Gasteiger partial charge in [-0.15, -0.1) is 10.2 Å². The van der Waals surface area contributed by atoms with Gasteiger partial charge in [-0.3, -0.25) is 9.36 Å². The van der Waals surface area contributed by atoms with E-state index in [1.807, 2.05) is 0 Å². The van der Waals surface area contributed by atoms with Crippen molar-refractivity contribution in [1.82, 2.24) is 19.7 Å². The number of para-hydroxylation sites is 1. The molecule has 0 unspecified atom stereocenters. The fourth-order valence-corrected chi connectivity index (χ4v) is 7.35. The molecule has 2 heterocycles. The van der Waals surface area contributed by atoms with E-state index in [-0.39, 0.29) is 36.5 Å². The first-order valence-corrected chi connectivity index (χ1v) is 14.6. The summed E-state index contributed by atoms with van der Waals surface area (Å²) in [6.45, 7) is 7.80. The van der Waals surface area contributed by atoms with Crippen molar-refractivity contribution in [2.75, 3.05) is 12.4 Å². The van der Waals surface area contributed by atoms with Gasteiger partial charge in [-0.05, 0) is 82.4 Å². The van der Waals surface area contributed by atoms with Crippen LogP contribution in [0.4, 0.5) is 4.39 Å². The SMILES string of the molecule is CCOC(=O)c1c(C)[nH]c(C(=O)CSc2nnc(COc3ccccc3F)n2[C@@H](C)[C@@H]2C[C@@H]3CC[C@H]2C3)c1C. The van der Waals surface area contributed by atoms with E-state index in [1.54, 1.807) is 39.0 Å². The average molecular weight is 555 g/mol. The number of fused-ring (bicyclic) bond motifs is 2. The molecule has 208 valence electrons. The van der Waals surface area contributed by atoms with Gasteiger partial charge in [-0.2, -0.15) is 0 Å². The molecule has 2 aliphatic carbocycles. The van der Waals surface area contributed by atoms with Crippen LogP contribution >= 0.6 is 11.8 Å². The molecule has 0 saturated heterocycles. The molecule has 8 nitrogen and oxygen atoms in total. The number of ether oxygens (including phenoxy) is 2. The van der Waals surface area contributed by atoms with Crippen LogP contribution in [0.15, 0.2) is 29.4 Å². The number of H-pyrrole nitrogens is 1. The van der Waals surface area contributed by atoms with Gasteiger partial charge in [-0.1, -0.05) is 30.3 Å². The number of carbonyl (C=O) groups excluding carboxylic acids is 2. The Morgan fingerprint density at radius 3 is 2.69 bits per heavy atom. The van der Waals surface area contributed by atoms with E-state index in [2.05, 4.69) is 26.7 Å². The second kappa shape index (κ2) is 11.5. The number of hydrogen-bond acceptors (Lipinski definition) is 7. The Hall–Kier alpha value is -3.14. The van der Waals surface area contributed by atoms with Gasteiger partial charge in [0, 0.05) is 11.7 Å². The molecule has 0 aliphatic heterocycles. The smallest absolute Gasteiger partial charge is 0.340 e. The fraction of sp³-hybridized carbons (Fsp3) is 0.517. The number of hydrogen-bond donors (Lipinski definition) is 1. The number of aryl methyl sites for hydroxylation is 1. The number of Topliss-reactive ketones (excluding diaryl/α,β-unsaturated/α-hetero) is 1. The van der Waals surface area contributed by atoms with Crippen molar-refractivity contribution in [2.45, 2.75) is 71.2 Å². The molecule has 0 amide bonds. The largest absolute Gasteiger partial charge is 0.483 e. The third-order valence-electron chi connectivity index (χ3n) is 8.28. The summed E-state index contributed by atoms with van der Waals surface area (Å²) in [5.41, 5.74) is 2.01. The first-order valence-electron chi connectivity index (χ1n) is 13.6. The highest BCUT2D eigenvalue weighted by atomic mass is 32.2. The summed E-state index contributed by atoms with van der Waals surface area (Å²) in [7, 11) is 0. The number of nitrogens with one attached hydrogen (secondary N) is 1. The van der Waals surface area contributed by atoms with E-state index in [0.717, 1.165) is 5.92 Å². The van der Waals surface area contributed by atoms with Gasteiger partial charge < -0.3 is 14.5 Å². The lowest BCUT2D eigenvalue weighted by Gasteiger charge is -2.30. The topological polar surface area (TPSA) is 99.1 Å². The molecule has 3 aromatic rings. The van der Waals surface area contributed by atoms with Gasteiger partial charge in [0.25, 0.3) is 0 Å². The predicted molar refractivity (Wildman–Crippen MR) is 146 cm³/mol. The number of aromatic amines is 1. The normalized spacial score (nSPS) is 20.8. The quantitative estimate of drug-likeness (QED) is 0.174. The highest BCUT2D eigenvalue weighted by molar-refractivity contribution is 7.99. The van der Waals surface area contributed by atoms with Crippen LogP contribution in [-0.4, -0.2) is 43.9 Å². The summed E-state index contributed by atoms with van der Waals surface area (Å²) in [6.07, 6.45) is 5.00. The van der Waals surface area contributed by atoms with Crippen LogP contribution in [0.2, 0.25) is 0 Å². The van der Waals surface area contributed by atoms with Crippen LogP contribution < -0.4 is 4.74 Å². The van der Waals surface area contributed by atoms with Gasteiger partial charge in [0.1, 0.15) is 6.61 Å². The molecule has 1 aromatic carbocycles. The molecule has 2 fully saturated rings. The fourth-order valence-electron chi connectivity index (χ4n) is 6.43. The molecule has 0 radical (unpaired) electrons. The average Bonchev–Trinajstić information content (AvgIpc) is 3.70. The summed E-state index contributed by atoms with van der Waals surface area (Å²) in [6, 6.07) is 6.43. The van der Waals surface area contributed by atoms with Crippen molar-refractivity contribution in [1.29, 1.82) is 0 Å². The van der Waals surface area contributed by atoms with E-state index in [4.69, 9.17) is 9.47 Å². The third kappa shape index (κ3) is 5.48. The number of carbonyl (C=O) groups is 2. The number of nitrogens with zero attached hydrogens (tertiary/aromatic N) is 3. The van der Waals surface area contributed by atoms with Crippen molar-refractivity contribution in [3.8, 4) is 5.75 Å². The molecule has 2 saturated carbocycles. The number of ketones is 1. The van der Waals surface area contributed by atoms with Gasteiger partial charge in [0.15, 0.2) is 28.3 Å². The molecule has 5 rings (SSSR count). The maximum absolute atomic E-state index is 14.2. The minimum absolute atomic E-state index is 0.0748. The van der Waals surface area contributed by atoms with Crippen molar-refractivity contribution in [3.05, 3.63) is 58.4 Å². The molecule has 2 aromatic heterocycles. The molecule has 2 aliphatic rings. The summed E-state index contributed by atoms with van der Waals surface area (Å²) < 4.78 is 27.2. The molecule has 1 N–H and O–H groups in total. The number of aromatic nitrogens is 4. The molecule has 39 heavy (non-hydrogen) atoms. The van der Waals surface area contributed by atoms with Crippen molar-refractivity contribution in [2.24, 2.45) is 17.8 Å². The minimum Gasteiger partial charge on any atom is -0.483 e. The van der Waals surface area contributed by atoms with E-state index in [1.165, 1.54) is 43.5 Å².